The van der Waals surface area contributed by atoms with E-state index in [9.17, 15) is 4.79 Å². The molecule has 0 spiro atoms. The lowest BCUT2D eigenvalue weighted by Gasteiger charge is -2.40. The molecule has 0 aliphatic carbocycles. The molecule has 0 unspecified atom stereocenters. The van der Waals surface area contributed by atoms with Crippen LogP contribution in [0.4, 0.5) is 0 Å². The van der Waals surface area contributed by atoms with E-state index in [1.165, 1.54) is 0 Å². The molecular weight excluding hydrogens is 390 g/mol. The largest absolute Gasteiger partial charge is 0.379 e. The predicted octanol–water partition coefficient (Wildman–Crippen LogP) is 2.50. The molecule has 2 saturated heterocycles. The SMILES string of the molecule is Cn1cc(-c2ccc3cnc(CC(=O)N4CCC(N5CCOCC5)CC4)cc3c2)cn1. The van der Waals surface area contributed by atoms with Gasteiger partial charge in [0.05, 0.1) is 31.5 Å². The summed E-state index contributed by atoms with van der Waals surface area (Å²) < 4.78 is 7.27. The molecule has 2 aliphatic heterocycles. The molecule has 1 aromatic carbocycles. The maximum atomic E-state index is 12.9. The van der Waals surface area contributed by atoms with Crippen LogP contribution in [-0.4, -0.2) is 75.9 Å². The van der Waals surface area contributed by atoms with Gasteiger partial charge in [-0.1, -0.05) is 12.1 Å². The average molecular weight is 420 g/mol. The number of aryl methyl sites for hydroxylation is 1. The topological polar surface area (TPSA) is 63.5 Å². The molecule has 1 amide bonds. The van der Waals surface area contributed by atoms with Crippen LogP contribution in [0.15, 0.2) is 42.9 Å². The first-order chi connectivity index (χ1) is 15.2. The molecule has 7 heteroatoms. The van der Waals surface area contributed by atoms with Crippen molar-refractivity contribution < 1.29 is 9.53 Å². The van der Waals surface area contributed by atoms with Gasteiger partial charge in [0, 0.05) is 62.6 Å². The summed E-state index contributed by atoms with van der Waals surface area (Å²) in [6, 6.07) is 8.94. The number of fused-ring (bicyclic) bond motifs is 1. The molecule has 0 saturated carbocycles. The summed E-state index contributed by atoms with van der Waals surface area (Å²) in [5.74, 6) is 0.177. The summed E-state index contributed by atoms with van der Waals surface area (Å²) in [6.07, 6.45) is 8.20. The average Bonchev–Trinajstić information content (AvgIpc) is 3.25. The van der Waals surface area contributed by atoms with Gasteiger partial charge in [-0.2, -0.15) is 5.10 Å². The van der Waals surface area contributed by atoms with Gasteiger partial charge >= 0.3 is 0 Å². The fraction of sp³-hybridized carbons (Fsp3) is 0.458. The molecule has 3 aromatic rings. The highest BCUT2D eigenvalue weighted by molar-refractivity contribution is 5.88. The third-order valence-electron chi connectivity index (χ3n) is 6.53. The minimum Gasteiger partial charge on any atom is -0.379 e. The lowest BCUT2D eigenvalue weighted by molar-refractivity contribution is -0.132. The molecule has 2 aliphatic rings. The number of hydrogen-bond donors (Lipinski definition) is 0. The second kappa shape index (κ2) is 8.77. The van der Waals surface area contributed by atoms with E-state index in [2.05, 4.69) is 33.2 Å². The molecule has 7 nitrogen and oxygen atoms in total. The number of amides is 1. The van der Waals surface area contributed by atoms with E-state index in [0.717, 1.165) is 79.8 Å². The van der Waals surface area contributed by atoms with Crippen LogP contribution >= 0.6 is 0 Å². The van der Waals surface area contributed by atoms with Crippen LogP contribution < -0.4 is 0 Å². The minimum atomic E-state index is 0.177. The Kier molecular flexibility index (Phi) is 5.70. The number of rotatable bonds is 4. The number of pyridine rings is 1. The van der Waals surface area contributed by atoms with Crippen molar-refractivity contribution in [2.75, 3.05) is 39.4 Å². The zero-order valence-electron chi connectivity index (χ0n) is 18.0. The van der Waals surface area contributed by atoms with E-state index in [-0.39, 0.29) is 5.91 Å². The Bertz CT molecular complexity index is 1060. The van der Waals surface area contributed by atoms with Crippen LogP contribution in [0.5, 0.6) is 0 Å². The molecule has 0 radical (unpaired) electrons. The Labute approximate surface area is 182 Å². The molecule has 5 rings (SSSR count). The third-order valence-corrected chi connectivity index (χ3v) is 6.53. The number of morpholine rings is 1. The molecule has 0 atom stereocenters. The van der Waals surface area contributed by atoms with Crippen molar-refractivity contribution in [2.45, 2.75) is 25.3 Å². The number of aromatic nitrogens is 3. The molecule has 31 heavy (non-hydrogen) atoms. The van der Waals surface area contributed by atoms with Crippen LogP contribution in [-0.2, 0) is 23.0 Å². The summed E-state index contributed by atoms with van der Waals surface area (Å²) in [4.78, 5) is 22.0. The fourth-order valence-corrected chi connectivity index (χ4v) is 4.72. The van der Waals surface area contributed by atoms with Crippen molar-refractivity contribution in [3.8, 4) is 11.1 Å². The van der Waals surface area contributed by atoms with Gasteiger partial charge in [-0.05, 0) is 35.9 Å². The van der Waals surface area contributed by atoms with E-state index in [0.29, 0.717) is 12.5 Å². The first kappa shape index (κ1) is 20.2. The van der Waals surface area contributed by atoms with E-state index in [1.807, 2.05) is 36.6 Å². The number of piperidine rings is 1. The van der Waals surface area contributed by atoms with Crippen molar-refractivity contribution in [3.05, 3.63) is 48.5 Å². The minimum absolute atomic E-state index is 0.177. The van der Waals surface area contributed by atoms with Gasteiger partial charge < -0.3 is 9.64 Å². The molecular formula is C24H29N5O2. The molecule has 0 bridgehead atoms. The summed E-state index contributed by atoms with van der Waals surface area (Å²) in [6.45, 7) is 5.35. The summed E-state index contributed by atoms with van der Waals surface area (Å²) >= 11 is 0. The monoisotopic (exact) mass is 419 g/mol. The highest BCUT2D eigenvalue weighted by Gasteiger charge is 2.27. The van der Waals surface area contributed by atoms with Crippen LogP contribution in [0.1, 0.15) is 18.5 Å². The number of benzene rings is 1. The third kappa shape index (κ3) is 4.48. The highest BCUT2D eigenvalue weighted by Crippen LogP contribution is 2.25. The van der Waals surface area contributed by atoms with E-state index < -0.39 is 0 Å². The maximum Gasteiger partial charge on any atom is 0.228 e. The van der Waals surface area contributed by atoms with Crippen LogP contribution in [0.25, 0.3) is 21.9 Å². The molecule has 0 N–H and O–H groups in total. The fourth-order valence-electron chi connectivity index (χ4n) is 4.72. The Morgan fingerprint density at radius 3 is 2.58 bits per heavy atom. The summed E-state index contributed by atoms with van der Waals surface area (Å²) in [5, 5.41) is 6.44. The van der Waals surface area contributed by atoms with Gasteiger partial charge in [-0.15, -0.1) is 0 Å². The standard InChI is InChI=1S/C24H29N5O2/c1-27-17-21(16-26-27)18-2-3-19-15-25-22(13-20(19)12-18)14-24(30)29-6-4-23(5-7-29)28-8-10-31-11-9-28/h2-3,12-13,15-17,23H,4-11,14H2,1H3. The van der Waals surface area contributed by atoms with E-state index >= 15 is 0 Å². The van der Waals surface area contributed by atoms with E-state index in [1.54, 1.807) is 4.68 Å². The Morgan fingerprint density at radius 2 is 1.84 bits per heavy atom. The van der Waals surface area contributed by atoms with Crippen LogP contribution in [0, 0.1) is 0 Å². The van der Waals surface area contributed by atoms with Crippen molar-refractivity contribution in [2.24, 2.45) is 7.05 Å². The normalized spacial score (nSPS) is 18.5. The molecule has 2 aromatic heterocycles. The molecule has 4 heterocycles. The number of likely N-dealkylation sites (tertiary alicyclic amines) is 1. The highest BCUT2D eigenvalue weighted by atomic mass is 16.5. The van der Waals surface area contributed by atoms with Crippen LogP contribution in [0.2, 0.25) is 0 Å². The second-order valence-electron chi connectivity index (χ2n) is 8.58. The van der Waals surface area contributed by atoms with Gasteiger partial charge in [0.1, 0.15) is 0 Å². The maximum absolute atomic E-state index is 12.9. The Hall–Kier alpha value is -2.77. The zero-order valence-corrected chi connectivity index (χ0v) is 18.0. The number of carbonyl (C=O) groups is 1. The van der Waals surface area contributed by atoms with Crippen molar-refractivity contribution >= 4 is 16.7 Å². The number of carbonyl (C=O) groups excluding carboxylic acids is 1. The first-order valence-electron chi connectivity index (χ1n) is 11.1. The predicted molar refractivity (Wildman–Crippen MR) is 120 cm³/mol. The van der Waals surface area contributed by atoms with Crippen molar-refractivity contribution in [1.82, 2.24) is 24.6 Å². The van der Waals surface area contributed by atoms with Gasteiger partial charge in [0.2, 0.25) is 5.91 Å². The summed E-state index contributed by atoms with van der Waals surface area (Å²) in [7, 11) is 1.92. The second-order valence-corrected chi connectivity index (χ2v) is 8.58. The lowest BCUT2D eigenvalue weighted by atomic mass is 10.0. The smallest absolute Gasteiger partial charge is 0.228 e. The number of ether oxygens (including phenoxy) is 1. The number of hydrogen-bond acceptors (Lipinski definition) is 5. The van der Waals surface area contributed by atoms with Gasteiger partial charge in [0.15, 0.2) is 0 Å². The van der Waals surface area contributed by atoms with Gasteiger partial charge in [0.25, 0.3) is 0 Å². The zero-order chi connectivity index (χ0) is 21.2. The summed E-state index contributed by atoms with van der Waals surface area (Å²) in [5.41, 5.74) is 3.03. The van der Waals surface area contributed by atoms with Crippen molar-refractivity contribution in [3.63, 3.8) is 0 Å². The first-order valence-corrected chi connectivity index (χ1v) is 11.1. The quantitative estimate of drug-likeness (QED) is 0.650. The Balaban J connectivity index is 1.24. The molecule has 2 fully saturated rings. The van der Waals surface area contributed by atoms with E-state index in [4.69, 9.17) is 4.74 Å². The van der Waals surface area contributed by atoms with Crippen molar-refractivity contribution in [1.29, 1.82) is 0 Å². The van der Waals surface area contributed by atoms with Crippen LogP contribution in [0.3, 0.4) is 0 Å². The molecule has 162 valence electrons. The van der Waals surface area contributed by atoms with Gasteiger partial charge in [-0.25, -0.2) is 0 Å². The van der Waals surface area contributed by atoms with Gasteiger partial charge in [-0.3, -0.25) is 19.4 Å². The Morgan fingerprint density at radius 1 is 1.03 bits per heavy atom. The number of nitrogens with zero attached hydrogens (tertiary/aromatic N) is 5. The lowest BCUT2D eigenvalue weighted by Crippen LogP contribution is -2.50.